The van der Waals surface area contributed by atoms with Crippen molar-refractivity contribution in [2.24, 2.45) is 0 Å². The fourth-order valence-electron chi connectivity index (χ4n) is 3.92. The van der Waals surface area contributed by atoms with Gasteiger partial charge in [-0.3, -0.25) is 9.69 Å². The molecule has 6 heteroatoms. The number of carbonyl (C=O) groups excluding carboxylic acids is 1. The predicted molar refractivity (Wildman–Crippen MR) is 118 cm³/mol. The molecule has 0 atom stereocenters. The molecule has 0 unspecified atom stereocenters. The van der Waals surface area contributed by atoms with E-state index in [1.807, 2.05) is 42.6 Å². The topological polar surface area (TPSA) is 54.0 Å². The lowest BCUT2D eigenvalue weighted by atomic mass is 10.0. The van der Waals surface area contributed by atoms with Crippen LogP contribution in [0.2, 0.25) is 0 Å². The Bertz CT molecular complexity index is 995. The molecule has 30 heavy (non-hydrogen) atoms. The minimum Gasteiger partial charge on any atom is -0.493 e. The number of benzene rings is 1. The van der Waals surface area contributed by atoms with Crippen LogP contribution in [0.1, 0.15) is 12.5 Å². The predicted octanol–water partition coefficient (Wildman–Crippen LogP) is 3.08. The maximum Gasteiger partial charge on any atom is 0.255 e. The molecule has 0 spiro atoms. The van der Waals surface area contributed by atoms with Gasteiger partial charge in [-0.15, -0.1) is 0 Å². The molecule has 0 bridgehead atoms. The maximum absolute atomic E-state index is 13.2. The number of allylic oxidation sites excluding steroid dienone is 6. The molecule has 0 radical (unpaired) electrons. The van der Waals surface area contributed by atoms with Crippen LogP contribution >= 0.6 is 0 Å². The van der Waals surface area contributed by atoms with Gasteiger partial charge < -0.3 is 19.7 Å². The SMILES string of the molecule is COc1ccc(C2=C\C(=O)N3C=C(N4CCNCC4)C(C)=C\C3=C/C=C/2)cc1OC. The van der Waals surface area contributed by atoms with Crippen LogP contribution < -0.4 is 14.8 Å². The second-order valence-corrected chi connectivity index (χ2v) is 7.41. The summed E-state index contributed by atoms with van der Waals surface area (Å²) in [5.74, 6) is 1.21. The lowest BCUT2D eigenvalue weighted by molar-refractivity contribution is -0.122. The smallest absolute Gasteiger partial charge is 0.255 e. The number of carbonyl (C=O) groups is 1. The molecule has 3 aliphatic rings. The largest absolute Gasteiger partial charge is 0.493 e. The number of piperazine rings is 1. The fourth-order valence-corrected chi connectivity index (χ4v) is 3.92. The molecule has 4 rings (SSSR count). The van der Waals surface area contributed by atoms with Crippen molar-refractivity contribution in [2.75, 3.05) is 40.4 Å². The summed E-state index contributed by atoms with van der Waals surface area (Å²) in [4.78, 5) is 17.3. The Morgan fingerprint density at radius 2 is 1.80 bits per heavy atom. The average molecular weight is 405 g/mol. The Morgan fingerprint density at radius 3 is 2.53 bits per heavy atom. The molecule has 156 valence electrons. The molecule has 0 aromatic heterocycles. The van der Waals surface area contributed by atoms with Crippen molar-refractivity contribution in [1.29, 1.82) is 0 Å². The van der Waals surface area contributed by atoms with Crippen LogP contribution in [0.15, 0.2) is 71.7 Å². The van der Waals surface area contributed by atoms with Gasteiger partial charge in [0.15, 0.2) is 11.5 Å². The number of amides is 1. The summed E-state index contributed by atoms with van der Waals surface area (Å²) in [5, 5.41) is 3.38. The summed E-state index contributed by atoms with van der Waals surface area (Å²) >= 11 is 0. The molecule has 1 N–H and O–H groups in total. The monoisotopic (exact) mass is 405 g/mol. The number of fused-ring (bicyclic) bond motifs is 1. The zero-order chi connectivity index (χ0) is 21.1. The number of nitrogens with one attached hydrogen (secondary N) is 1. The normalized spacial score (nSPS) is 23.6. The van der Waals surface area contributed by atoms with Gasteiger partial charge in [-0.1, -0.05) is 18.2 Å². The van der Waals surface area contributed by atoms with Gasteiger partial charge in [0.05, 0.1) is 19.9 Å². The van der Waals surface area contributed by atoms with Crippen molar-refractivity contribution in [3.8, 4) is 11.5 Å². The van der Waals surface area contributed by atoms with Gasteiger partial charge in [-0.05, 0) is 47.9 Å². The minimum atomic E-state index is -0.0771. The second kappa shape index (κ2) is 8.63. The molecule has 1 aromatic rings. The molecular weight excluding hydrogens is 378 g/mol. The summed E-state index contributed by atoms with van der Waals surface area (Å²) in [6.45, 7) is 5.88. The van der Waals surface area contributed by atoms with E-state index in [2.05, 4.69) is 23.2 Å². The highest BCUT2D eigenvalue weighted by atomic mass is 16.5. The van der Waals surface area contributed by atoms with Crippen molar-refractivity contribution in [3.05, 3.63) is 77.3 Å². The van der Waals surface area contributed by atoms with Crippen molar-refractivity contribution >= 4 is 11.5 Å². The van der Waals surface area contributed by atoms with Crippen LogP contribution in [-0.4, -0.2) is 56.1 Å². The van der Waals surface area contributed by atoms with Crippen LogP contribution in [0.25, 0.3) is 5.57 Å². The standard InChI is InChI=1S/C24H27N3O3/c1-17-13-20-6-4-5-18(19-7-8-22(29-2)23(14-19)30-3)15-24(28)27(20)16-21(17)26-11-9-25-10-12-26/h4-8,13-16,25H,9-12H2,1-3H3/b5-4+,18-15+,20-6+. The van der Waals surface area contributed by atoms with Gasteiger partial charge in [0.25, 0.3) is 5.91 Å². The summed E-state index contributed by atoms with van der Waals surface area (Å²) in [6, 6.07) is 5.67. The minimum absolute atomic E-state index is 0.0771. The van der Waals surface area contributed by atoms with E-state index in [9.17, 15) is 4.79 Å². The highest BCUT2D eigenvalue weighted by molar-refractivity contribution is 6.00. The van der Waals surface area contributed by atoms with Gasteiger partial charge in [0, 0.05) is 44.2 Å². The highest BCUT2D eigenvalue weighted by Gasteiger charge is 2.24. The summed E-state index contributed by atoms with van der Waals surface area (Å²) in [6.07, 6.45) is 11.6. The van der Waals surface area contributed by atoms with E-state index in [-0.39, 0.29) is 5.91 Å². The van der Waals surface area contributed by atoms with E-state index in [1.165, 1.54) is 5.57 Å². The van der Waals surface area contributed by atoms with Crippen LogP contribution in [0.4, 0.5) is 0 Å². The molecule has 6 nitrogen and oxygen atoms in total. The third-order valence-corrected chi connectivity index (χ3v) is 5.53. The van der Waals surface area contributed by atoms with Crippen LogP contribution in [0.3, 0.4) is 0 Å². The molecular formula is C24H27N3O3. The molecule has 1 aromatic carbocycles. The first-order valence-corrected chi connectivity index (χ1v) is 10.1. The molecule has 3 aliphatic heterocycles. The highest BCUT2D eigenvalue weighted by Crippen LogP contribution is 2.32. The molecule has 1 amide bonds. The van der Waals surface area contributed by atoms with Gasteiger partial charge in [-0.2, -0.15) is 0 Å². The number of rotatable bonds is 4. The van der Waals surface area contributed by atoms with Gasteiger partial charge in [-0.25, -0.2) is 0 Å². The van der Waals surface area contributed by atoms with E-state index in [4.69, 9.17) is 9.47 Å². The quantitative estimate of drug-likeness (QED) is 0.834. The fraction of sp³-hybridized carbons (Fsp3) is 0.292. The van der Waals surface area contributed by atoms with Crippen LogP contribution in [-0.2, 0) is 4.79 Å². The number of nitrogens with zero attached hydrogens (tertiary/aromatic N) is 2. The number of hydrogen-bond acceptors (Lipinski definition) is 5. The molecule has 3 heterocycles. The average Bonchev–Trinajstić information content (AvgIpc) is 2.77. The van der Waals surface area contributed by atoms with Crippen LogP contribution in [0.5, 0.6) is 11.5 Å². The lowest BCUT2D eigenvalue weighted by Gasteiger charge is -2.36. The lowest BCUT2D eigenvalue weighted by Crippen LogP contribution is -2.44. The van der Waals surface area contributed by atoms with Gasteiger partial charge in [0.1, 0.15) is 0 Å². The van der Waals surface area contributed by atoms with E-state index in [0.29, 0.717) is 11.5 Å². The summed E-state index contributed by atoms with van der Waals surface area (Å²) in [7, 11) is 3.21. The van der Waals surface area contributed by atoms with E-state index in [0.717, 1.165) is 48.7 Å². The Labute approximate surface area is 177 Å². The Morgan fingerprint density at radius 1 is 1.03 bits per heavy atom. The van der Waals surface area contributed by atoms with Gasteiger partial charge in [0.2, 0.25) is 0 Å². The number of hydrogen-bond donors (Lipinski definition) is 1. The van der Waals surface area contributed by atoms with Crippen LogP contribution in [0, 0.1) is 0 Å². The van der Waals surface area contributed by atoms with E-state index >= 15 is 0 Å². The number of ether oxygens (including phenoxy) is 2. The second-order valence-electron chi connectivity index (χ2n) is 7.41. The molecule has 1 fully saturated rings. The summed E-state index contributed by atoms with van der Waals surface area (Å²) < 4.78 is 10.7. The maximum atomic E-state index is 13.2. The third-order valence-electron chi connectivity index (χ3n) is 5.53. The Kier molecular flexibility index (Phi) is 5.77. The Hall–Kier alpha value is -3.25. The van der Waals surface area contributed by atoms with E-state index in [1.54, 1.807) is 25.2 Å². The van der Waals surface area contributed by atoms with Crippen molar-refractivity contribution in [1.82, 2.24) is 15.1 Å². The summed E-state index contributed by atoms with van der Waals surface area (Å²) in [5.41, 5.74) is 4.86. The van der Waals surface area contributed by atoms with Gasteiger partial charge >= 0.3 is 0 Å². The third kappa shape index (κ3) is 3.91. The van der Waals surface area contributed by atoms with Crippen molar-refractivity contribution in [3.63, 3.8) is 0 Å². The first-order chi connectivity index (χ1) is 14.6. The molecule has 0 saturated carbocycles. The van der Waals surface area contributed by atoms with E-state index < -0.39 is 0 Å². The zero-order valence-electron chi connectivity index (χ0n) is 17.6. The Balaban J connectivity index is 1.68. The van der Waals surface area contributed by atoms with Crippen molar-refractivity contribution in [2.45, 2.75) is 6.92 Å². The van der Waals surface area contributed by atoms with Crippen molar-refractivity contribution < 1.29 is 14.3 Å². The zero-order valence-corrected chi connectivity index (χ0v) is 17.6. The number of methoxy groups -OCH3 is 2. The first kappa shape index (κ1) is 20.0. The molecule has 0 aliphatic carbocycles. The molecule has 1 saturated heterocycles. The first-order valence-electron chi connectivity index (χ1n) is 10.1.